The van der Waals surface area contributed by atoms with Crippen LogP contribution in [0.2, 0.25) is 0 Å². The van der Waals surface area contributed by atoms with Crippen molar-refractivity contribution < 1.29 is 41.2 Å². The Hall–Kier alpha value is -2.00. The van der Waals surface area contributed by atoms with E-state index in [4.69, 9.17) is 14.3 Å². The summed E-state index contributed by atoms with van der Waals surface area (Å²) < 4.78 is 11.3. The molecule has 0 fully saturated rings. The Kier molecular flexibility index (Phi) is 13.3. The number of ether oxygens (including phenoxy) is 2. The standard InChI is InChI=1S/C27H38N2O5.V/c1-5-22(6-2)17-29(34-25-14-12-24(32-4)13-15-25)18-27(31)26(28-20-33-21(3)19-30)16-23-10-8-7-9-11-23;/h7-15,19,21-22,26-28,31H,5-6,16-18H2,1-4H3;. The number of carbonyl (C=O) groups excluding carboxylic acids is 1. The number of hydrogen-bond acceptors (Lipinski definition) is 7. The van der Waals surface area contributed by atoms with Gasteiger partial charge in [0.25, 0.3) is 0 Å². The molecule has 2 rings (SSSR count). The number of benzene rings is 2. The van der Waals surface area contributed by atoms with Crippen molar-refractivity contribution in [2.75, 3.05) is 20.2 Å². The molecule has 0 spiro atoms. The molecule has 0 aliphatic carbocycles. The van der Waals surface area contributed by atoms with Gasteiger partial charge in [-0.3, -0.25) is 0 Å². The van der Waals surface area contributed by atoms with Crippen molar-refractivity contribution in [3.8, 4) is 11.5 Å². The number of nitrogens with zero attached hydrogens (tertiary/aromatic N) is 1. The number of methoxy groups -OCH3 is 1. The Balaban J connectivity index is 2.19. The number of aldehydes is 1. The van der Waals surface area contributed by atoms with Crippen LogP contribution in [0, 0.1) is 5.92 Å². The number of aliphatic hydroxyl groups excluding tert-OH is 1. The average molecular weight is 522 g/mol. The number of aliphatic hydroxyl groups is 1. The summed E-state index contributed by atoms with van der Waals surface area (Å²) in [5, 5.41) is 16.4. The Morgan fingerprint density at radius 3 is 2.26 bits per heavy atom. The van der Waals surface area contributed by atoms with Gasteiger partial charge < -0.3 is 0 Å². The molecular weight excluding hydrogens is 483 g/mol. The first-order chi connectivity index (χ1) is 16.9. The molecule has 191 valence electrons. The van der Waals surface area contributed by atoms with Crippen molar-refractivity contribution in [2.24, 2.45) is 5.92 Å². The van der Waals surface area contributed by atoms with Crippen molar-refractivity contribution in [3.63, 3.8) is 0 Å². The van der Waals surface area contributed by atoms with Crippen LogP contribution in [-0.4, -0.2) is 59.4 Å². The van der Waals surface area contributed by atoms with E-state index in [-0.39, 0.29) is 12.6 Å². The quantitative estimate of drug-likeness (QED) is 0.244. The summed E-state index contributed by atoms with van der Waals surface area (Å²) in [7, 11) is 1.63. The van der Waals surface area contributed by atoms with Crippen LogP contribution in [-0.2, 0) is 32.9 Å². The van der Waals surface area contributed by atoms with E-state index < -0.39 is 12.2 Å². The molecule has 0 aliphatic rings. The van der Waals surface area contributed by atoms with Crippen molar-refractivity contribution in [2.45, 2.75) is 58.3 Å². The predicted octanol–water partition coefficient (Wildman–Crippen LogP) is 3.53. The van der Waals surface area contributed by atoms with E-state index in [0.29, 0.717) is 29.2 Å². The fourth-order valence-electron chi connectivity index (χ4n) is 3.65. The van der Waals surface area contributed by atoms with Crippen LogP contribution in [0.25, 0.3) is 0 Å². The number of hydroxylamine groups is 2. The van der Waals surface area contributed by atoms with E-state index in [1.807, 2.05) is 59.7 Å². The van der Waals surface area contributed by atoms with Crippen molar-refractivity contribution >= 4 is 10.8 Å². The van der Waals surface area contributed by atoms with E-state index in [2.05, 4.69) is 36.1 Å². The zero-order valence-electron chi connectivity index (χ0n) is 21.1. The Bertz CT molecular complexity index is 877. The van der Waals surface area contributed by atoms with Gasteiger partial charge in [0.2, 0.25) is 0 Å². The monoisotopic (exact) mass is 521 g/mol. The number of carbonyl (C=O) groups is 1. The summed E-state index contributed by atoms with van der Waals surface area (Å²) in [4.78, 5) is 17.2. The average Bonchev–Trinajstić information content (AvgIpc) is 2.87. The van der Waals surface area contributed by atoms with Crippen LogP contribution >= 0.6 is 0 Å². The zero-order chi connectivity index (χ0) is 25.6. The van der Waals surface area contributed by atoms with E-state index in [1.54, 1.807) is 14.0 Å². The van der Waals surface area contributed by atoms with Gasteiger partial charge in [-0.2, -0.15) is 0 Å². The van der Waals surface area contributed by atoms with Crippen LogP contribution in [0.4, 0.5) is 0 Å². The van der Waals surface area contributed by atoms with Gasteiger partial charge in [-0.05, 0) is 0 Å². The summed E-state index contributed by atoms with van der Waals surface area (Å²) >= 11 is 2.29. The van der Waals surface area contributed by atoms with Crippen molar-refractivity contribution in [3.05, 3.63) is 60.2 Å². The van der Waals surface area contributed by atoms with E-state index in [9.17, 15) is 9.90 Å². The second-order valence-electron chi connectivity index (χ2n) is 8.57. The van der Waals surface area contributed by atoms with Gasteiger partial charge in [-0.1, -0.05) is 0 Å². The van der Waals surface area contributed by atoms with E-state index in [1.165, 1.54) is 0 Å². The van der Waals surface area contributed by atoms with Gasteiger partial charge in [0.15, 0.2) is 0 Å². The molecule has 8 heteroatoms. The molecule has 2 N–H and O–H groups in total. The first-order valence-electron chi connectivity index (χ1n) is 12.1. The van der Waals surface area contributed by atoms with Gasteiger partial charge in [0.1, 0.15) is 0 Å². The van der Waals surface area contributed by atoms with Gasteiger partial charge >= 0.3 is 211 Å². The maximum absolute atomic E-state index is 11.3. The Morgan fingerprint density at radius 1 is 1.06 bits per heavy atom. The number of nitrogens with one attached hydrogen (secondary N) is 1. The van der Waals surface area contributed by atoms with Gasteiger partial charge in [-0.25, -0.2) is 0 Å². The van der Waals surface area contributed by atoms with Crippen molar-refractivity contribution in [1.82, 2.24) is 10.4 Å². The number of rotatable bonds is 17. The second-order valence-corrected chi connectivity index (χ2v) is 9.20. The van der Waals surface area contributed by atoms with Crippen LogP contribution in [0.5, 0.6) is 11.5 Å². The molecule has 0 aromatic heterocycles. The molecule has 2 aromatic carbocycles. The zero-order valence-corrected chi connectivity index (χ0v) is 22.5. The third-order valence-corrected chi connectivity index (χ3v) is 6.23. The summed E-state index contributed by atoms with van der Waals surface area (Å²) in [6.45, 7) is 6.97. The third-order valence-electron chi connectivity index (χ3n) is 5.86. The van der Waals surface area contributed by atoms with E-state index in [0.717, 1.165) is 30.4 Å². The van der Waals surface area contributed by atoms with Crippen LogP contribution in [0.1, 0.15) is 39.2 Å². The SMILES string of the molecule is CCC(CC)CN(CC(O)C(Cc1ccccc1)N[C](=[V])OC(C)C=O)Oc1ccc(OC)cc1. The summed E-state index contributed by atoms with van der Waals surface area (Å²) in [5.74, 6) is 1.87. The van der Waals surface area contributed by atoms with Crippen molar-refractivity contribution in [1.29, 1.82) is 0 Å². The van der Waals surface area contributed by atoms with Gasteiger partial charge in [0.05, 0.1) is 7.11 Å². The normalized spacial score (nSPS) is 13.9. The minimum atomic E-state index is -0.780. The molecule has 0 heterocycles. The molecule has 0 saturated carbocycles. The predicted molar refractivity (Wildman–Crippen MR) is 134 cm³/mol. The molecule has 0 radical (unpaired) electrons. The topological polar surface area (TPSA) is 80.3 Å². The third kappa shape index (κ3) is 10.7. The fourth-order valence-corrected chi connectivity index (χ4v) is 4.17. The molecule has 2 aromatic rings. The first-order valence-corrected chi connectivity index (χ1v) is 12.8. The molecule has 3 unspecified atom stereocenters. The molecule has 3 atom stereocenters. The molecule has 7 nitrogen and oxygen atoms in total. The first kappa shape index (κ1) is 29.2. The summed E-state index contributed by atoms with van der Waals surface area (Å²) in [6.07, 6.45) is 1.98. The minimum absolute atomic E-state index is 0.288. The van der Waals surface area contributed by atoms with E-state index >= 15 is 0 Å². The molecular formula is C27H38N2O5V. The van der Waals surface area contributed by atoms with Crippen LogP contribution < -0.4 is 14.9 Å². The summed E-state index contributed by atoms with van der Waals surface area (Å²) in [5.41, 5.74) is 1.08. The number of hydrogen-bond donors (Lipinski definition) is 2. The molecule has 0 saturated heterocycles. The molecule has 0 aliphatic heterocycles. The summed E-state index contributed by atoms with van der Waals surface area (Å²) in [6, 6.07) is 17.0. The van der Waals surface area contributed by atoms with Gasteiger partial charge in [0, 0.05) is 0 Å². The molecule has 35 heavy (non-hydrogen) atoms. The fraction of sp³-hybridized carbons (Fsp3) is 0.481. The van der Waals surface area contributed by atoms with Gasteiger partial charge in [-0.15, -0.1) is 0 Å². The molecule has 0 amide bonds. The van der Waals surface area contributed by atoms with Crippen LogP contribution in [0.15, 0.2) is 54.6 Å². The maximum atomic E-state index is 11.3. The molecule has 0 bridgehead atoms. The second kappa shape index (κ2) is 15.9. The van der Waals surface area contributed by atoms with Crippen LogP contribution in [0.3, 0.4) is 0 Å². The Morgan fingerprint density at radius 2 is 1.69 bits per heavy atom. The Labute approximate surface area is 218 Å².